The molecule has 1 aromatic heterocycles. The van der Waals surface area contributed by atoms with E-state index in [4.69, 9.17) is 22.9 Å². The molecule has 1 aliphatic rings. The number of carboxylic acids is 1. The van der Waals surface area contributed by atoms with Crippen LogP contribution in [0.2, 0.25) is 0 Å². The van der Waals surface area contributed by atoms with Crippen molar-refractivity contribution in [2.75, 3.05) is 13.1 Å². The second-order valence-corrected chi connectivity index (χ2v) is 19.9. The third-order valence-corrected chi connectivity index (χ3v) is 13.4. The van der Waals surface area contributed by atoms with E-state index in [0.29, 0.717) is 34.0 Å². The number of H-pyrrole nitrogens is 1. The first-order valence-corrected chi connectivity index (χ1v) is 26.0. The number of phenols is 1. The number of nitrogens with zero attached hydrogens (tertiary/aromatic N) is 2. The number of hydrogen-bond acceptors (Lipinski definition) is 13. The van der Waals surface area contributed by atoms with Gasteiger partial charge in [-0.25, -0.2) is 4.79 Å². The van der Waals surface area contributed by atoms with Crippen LogP contribution in [0.5, 0.6) is 5.75 Å². The van der Waals surface area contributed by atoms with Crippen LogP contribution >= 0.6 is 0 Å². The summed E-state index contributed by atoms with van der Waals surface area (Å²) >= 11 is 0. The summed E-state index contributed by atoms with van der Waals surface area (Å²) < 4.78 is 0. The van der Waals surface area contributed by atoms with Gasteiger partial charge in [-0.3, -0.25) is 43.3 Å². The molecule has 1 fully saturated rings. The van der Waals surface area contributed by atoms with Gasteiger partial charge < -0.3 is 80.0 Å². The third-order valence-electron chi connectivity index (χ3n) is 13.4. The number of nitrogens with two attached hydrogens (primary N) is 4. The molecule has 1 saturated heterocycles. The first-order chi connectivity index (χ1) is 37.5. The molecule has 3 aromatic carbocycles. The molecule has 8 amide bonds. The van der Waals surface area contributed by atoms with E-state index in [9.17, 15) is 58.5 Å². The number of aromatic nitrogens is 1. The number of guanidine groups is 1. The Kier molecular flexibility index (Phi) is 22.7. The molecule has 4 aromatic rings. The van der Waals surface area contributed by atoms with Crippen molar-refractivity contribution in [2.45, 2.75) is 133 Å². The fraction of sp³-hybridized carbons (Fsp3) is 0.444. The summed E-state index contributed by atoms with van der Waals surface area (Å²) in [6.07, 6.45) is -0.673. The maximum Gasteiger partial charge on any atom is 0.326 e. The fourth-order valence-corrected chi connectivity index (χ4v) is 8.98. The third kappa shape index (κ3) is 18.3. The van der Waals surface area contributed by atoms with E-state index >= 15 is 0 Å². The minimum atomic E-state index is -1.82. The molecule has 5 rings (SSSR count). The predicted molar refractivity (Wildman–Crippen MR) is 291 cm³/mol. The average molecular weight is 1100 g/mol. The molecule has 0 radical (unpaired) electrons. The first-order valence-electron chi connectivity index (χ1n) is 26.0. The Labute approximate surface area is 456 Å². The molecule has 0 aliphatic carbocycles. The number of carboxylic acid groups (broad SMARTS) is 1. The zero-order valence-electron chi connectivity index (χ0n) is 44.4. The highest BCUT2D eigenvalue weighted by Gasteiger charge is 2.41. The normalized spacial score (nSPS) is 16.2. The largest absolute Gasteiger partial charge is 0.508 e. The number of hydrogen-bond donors (Lipinski definition) is 14. The number of benzene rings is 3. The predicted octanol–water partition coefficient (Wildman–Crippen LogP) is -1.43. The number of aromatic hydroxyl groups is 1. The number of rotatable bonds is 29. The number of carbonyl (C=O) groups is 9. The summed E-state index contributed by atoms with van der Waals surface area (Å²) in [7, 11) is 0. The van der Waals surface area contributed by atoms with E-state index in [1.54, 1.807) is 86.8 Å². The molecule has 18 N–H and O–H groups in total. The lowest BCUT2D eigenvalue weighted by Crippen LogP contribution is -2.62. The molecule has 25 nitrogen and oxygen atoms in total. The van der Waals surface area contributed by atoms with Crippen molar-refractivity contribution < 1.29 is 58.5 Å². The molecule has 25 heteroatoms. The second kappa shape index (κ2) is 29.2. The van der Waals surface area contributed by atoms with Crippen molar-refractivity contribution in [3.63, 3.8) is 0 Å². The number of nitrogens with one attached hydrogen (secondary N) is 7. The molecule has 79 heavy (non-hydrogen) atoms. The maximum atomic E-state index is 14.6. The van der Waals surface area contributed by atoms with Crippen molar-refractivity contribution in [1.29, 1.82) is 0 Å². The van der Waals surface area contributed by atoms with Gasteiger partial charge in [0.2, 0.25) is 47.3 Å². The fourth-order valence-electron chi connectivity index (χ4n) is 8.98. The molecule has 9 unspecified atom stereocenters. The Morgan fingerprint density at radius 1 is 0.684 bits per heavy atom. The van der Waals surface area contributed by atoms with Crippen molar-refractivity contribution in [3.05, 3.63) is 102 Å². The standard InChI is InChI=1S/C54H73N13O12/c1-29(2)44(56)50(75)64-40(25-32-17-19-34(69)20-18-32)52(77)67-24-10-16-42(67)49(74)63-39(27-33-28-60-36-14-8-7-13-35(33)36)48(73)66-45(30(3)68)51(76)62-38(21-22-43(55)70)47(72)61-37(15-9-23-59-54(57)58)46(71)65-41(53(78)79)26-31-11-5-4-6-12-31/h4-8,11-14,17-20,28-30,37-42,44-45,60,68-69H,9-10,15-16,21-27,56H2,1-3H3,(H2,55,70)(H,61,72)(H,62,76)(H,63,74)(H,64,75)(H,65,71)(H,66,73)(H,78,79)(H4,57,58,59). The smallest absolute Gasteiger partial charge is 0.326 e. The van der Waals surface area contributed by atoms with Gasteiger partial charge in [-0.2, -0.15) is 0 Å². The molecular weight excluding hydrogens is 1020 g/mol. The van der Waals surface area contributed by atoms with Crippen LogP contribution in [0.25, 0.3) is 10.9 Å². The lowest BCUT2D eigenvalue weighted by molar-refractivity contribution is -0.142. The van der Waals surface area contributed by atoms with Gasteiger partial charge in [0.05, 0.1) is 12.1 Å². The molecule has 2 heterocycles. The van der Waals surface area contributed by atoms with Gasteiger partial charge in [-0.1, -0.05) is 74.5 Å². The van der Waals surface area contributed by atoms with Crippen LogP contribution in [0.15, 0.2) is 90.1 Å². The van der Waals surface area contributed by atoms with Gasteiger partial charge in [0, 0.05) is 55.9 Å². The van der Waals surface area contributed by atoms with Crippen molar-refractivity contribution in [3.8, 4) is 5.75 Å². The van der Waals surface area contributed by atoms with E-state index in [1.807, 2.05) is 0 Å². The summed E-state index contributed by atoms with van der Waals surface area (Å²) in [6.45, 7) is 4.82. The van der Waals surface area contributed by atoms with E-state index in [0.717, 1.165) is 0 Å². The van der Waals surface area contributed by atoms with Crippen molar-refractivity contribution in [1.82, 2.24) is 41.8 Å². The summed E-state index contributed by atoms with van der Waals surface area (Å²) in [5, 5.41) is 47.1. The number of para-hydroxylation sites is 1. The topological polar surface area (TPSA) is 422 Å². The number of likely N-dealkylation sites (tertiary alicyclic amines) is 1. The average Bonchev–Trinajstić information content (AvgIpc) is 4.11. The molecule has 1 aliphatic heterocycles. The molecule has 0 spiro atoms. The van der Waals surface area contributed by atoms with Crippen LogP contribution in [0, 0.1) is 5.92 Å². The number of fused-ring (bicyclic) bond motifs is 1. The number of phenolic OH excluding ortho intramolecular Hbond substituents is 1. The summed E-state index contributed by atoms with van der Waals surface area (Å²) in [5.74, 6) is -8.70. The Morgan fingerprint density at radius 2 is 1.27 bits per heavy atom. The number of aliphatic imine (C=N–C) groups is 1. The van der Waals surface area contributed by atoms with Crippen LogP contribution in [-0.4, -0.2) is 152 Å². The van der Waals surface area contributed by atoms with Crippen molar-refractivity contribution in [2.24, 2.45) is 33.8 Å². The van der Waals surface area contributed by atoms with E-state index in [1.165, 1.54) is 24.0 Å². The first kappa shape index (κ1) is 61.3. The van der Waals surface area contributed by atoms with Gasteiger partial charge in [0.15, 0.2) is 5.96 Å². The Hall–Kier alpha value is -8.58. The highest BCUT2D eigenvalue weighted by atomic mass is 16.4. The molecular formula is C54H73N13O12. The van der Waals surface area contributed by atoms with Crippen LogP contribution in [0.1, 0.15) is 76.0 Å². The highest BCUT2D eigenvalue weighted by Crippen LogP contribution is 2.23. The Balaban J connectivity index is 1.39. The molecule has 426 valence electrons. The Bertz CT molecular complexity index is 2800. The number of amides is 8. The minimum Gasteiger partial charge on any atom is -0.508 e. The lowest BCUT2D eigenvalue weighted by Gasteiger charge is -2.31. The minimum absolute atomic E-state index is 0.0114. The quantitative estimate of drug-likeness (QED) is 0.0168. The van der Waals surface area contributed by atoms with Crippen LogP contribution in [0.3, 0.4) is 0 Å². The number of aromatic amines is 1. The highest BCUT2D eigenvalue weighted by molar-refractivity contribution is 5.98. The van der Waals surface area contributed by atoms with Crippen LogP contribution < -0.4 is 54.8 Å². The zero-order chi connectivity index (χ0) is 57.9. The monoisotopic (exact) mass is 1100 g/mol. The van der Waals surface area contributed by atoms with Crippen LogP contribution in [0.4, 0.5) is 0 Å². The number of aliphatic hydroxyl groups excluding tert-OH is 1. The number of carbonyl (C=O) groups excluding carboxylic acids is 8. The van der Waals surface area contributed by atoms with Gasteiger partial charge in [0.25, 0.3) is 0 Å². The van der Waals surface area contributed by atoms with E-state index < -0.39 is 121 Å². The van der Waals surface area contributed by atoms with Gasteiger partial charge >= 0.3 is 5.97 Å². The SMILES string of the molecule is CC(C)C(N)C(=O)NC(Cc1ccc(O)cc1)C(=O)N1CCCC1C(=O)NC(Cc1c[nH]c2ccccc12)C(=O)NC(C(=O)NC(CCC(N)=O)C(=O)NC(CCCN=C(N)N)C(=O)NC(Cc1ccccc1)C(=O)O)C(C)O. The summed E-state index contributed by atoms with van der Waals surface area (Å²) in [6, 6.07) is 10.6. The molecule has 0 saturated carbocycles. The van der Waals surface area contributed by atoms with Crippen molar-refractivity contribution >= 4 is 70.1 Å². The van der Waals surface area contributed by atoms with Crippen LogP contribution in [-0.2, 0) is 62.4 Å². The summed E-state index contributed by atoms with van der Waals surface area (Å²) in [5.41, 5.74) is 25.0. The van der Waals surface area contributed by atoms with Gasteiger partial charge in [-0.15, -0.1) is 0 Å². The lowest BCUT2D eigenvalue weighted by atomic mass is 10.0. The Morgan fingerprint density at radius 3 is 1.90 bits per heavy atom. The number of aliphatic carboxylic acids is 1. The second-order valence-electron chi connectivity index (χ2n) is 19.9. The van der Waals surface area contributed by atoms with Gasteiger partial charge in [0.1, 0.15) is 48.0 Å². The summed E-state index contributed by atoms with van der Waals surface area (Å²) in [4.78, 5) is 132. The van der Waals surface area contributed by atoms with E-state index in [2.05, 4.69) is 41.9 Å². The molecule has 0 bridgehead atoms. The molecule has 9 atom stereocenters. The van der Waals surface area contributed by atoms with Gasteiger partial charge in [-0.05, 0) is 79.8 Å². The number of primary amides is 1. The zero-order valence-corrected chi connectivity index (χ0v) is 44.4. The number of aliphatic hydroxyl groups is 1. The van der Waals surface area contributed by atoms with E-state index in [-0.39, 0.29) is 69.2 Å². The maximum absolute atomic E-state index is 14.6.